The third-order valence-electron chi connectivity index (χ3n) is 5.98. The average molecular weight is 476 g/mol. The number of likely N-dealkylation sites (tertiary alicyclic amines) is 1. The van der Waals surface area contributed by atoms with Crippen molar-refractivity contribution in [3.8, 4) is 22.7 Å². The molecule has 1 aliphatic heterocycles. The number of rotatable bonds is 5. The Labute approximate surface area is 199 Å². The second kappa shape index (κ2) is 8.55. The molecule has 0 aliphatic carbocycles. The third-order valence-corrected chi connectivity index (χ3v) is 5.98. The summed E-state index contributed by atoms with van der Waals surface area (Å²) < 4.78 is 24.5. The number of hydrogen-bond donors (Lipinski definition) is 1. The smallest absolute Gasteiger partial charge is 0.357 e. The molecule has 10 heteroatoms. The van der Waals surface area contributed by atoms with Crippen molar-refractivity contribution >= 4 is 22.8 Å². The largest absolute Gasteiger partial charge is 0.461 e. The van der Waals surface area contributed by atoms with Gasteiger partial charge in [0.25, 0.3) is 5.91 Å². The van der Waals surface area contributed by atoms with E-state index in [-0.39, 0.29) is 35.8 Å². The van der Waals surface area contributed by atoms with Gasteiger partial charge in [0.05, 0.1) is 12.1 Å². The molecule has 0 spiro atoms. The van der Waals surface area contributed by atoms with Gasteiger partial charge in [-0.05, 0) is 25.1 Å². The van der Waals surface area contributed by atoms with E-state index in [1.165, 1.54) is 29.2 Å². The van der Waals surface area contributed by atoms with Crippen molar-refractivity contribution in [2.24, 2.45) is 0 Å². The van der Waals surface area contributed by atoms with Crippen LogP contribution in [0.4, 0.5) is 4.39 Å². The molecule has 4 aromatic rings. The zero-order valence-electron chi connectivity index (χ0n) is 19.0. The maximum absolute atomic E-state index is 13.9. The Morgan fingerprint density at radius 1 is 1.20 bits per heavy atom. The summed E-state index contributed by atoms with van der Waals surface area (Å²) in [5, 5.41) is 15.1. The standard InChI is InChI=1S/C25H21FN4O5/c1-3-34-23(31)21-17-8-7-16(26)12-18(17)27-22(28-21)15-6-4-5-14(11-15)19-13-20(29-35-19)25(33)9-10-30(2)24(25)32/h4-8,11-13,33H,3,9-10H2,1-2H3/t25-/m1/s1. The van der Waals surface area contributed by atoms with E-state index in [2.05, 4.69) is 15.1 Å². The first-order valence-corrected chi connectivity index (χ1v) is 11.0. The van der Waals surface area contributed by atoms with Gasteiger partial charge >= 0.3 is 5.97 Å². The normalized spacial score (nSPS) is 17.8. The number of carbonyl (C=O) groups excluding carboxylic acids is 2. The lowest BCUT2D eigenvalue weighted by molar-refractivity contribution is -0.143. The number of carbonyl (C=O) groups is 2. The lowest BCUT2D eigenvalue weighted by Gasteiger charge is -2.16. The lowest BCUT2D eigenvalue weighted by atomic mass is 9.97. The maximum atomic E-state index is 13.9. The van der Waals surface area contributed by atoms with Gasteiger partial charge in [0.15, 0.2) is 22.9 Å². The predicted octanol–water partition coefficient (Wildman–Crippen LogP) is 3.32. The minimum absolute atomic E-state index is 0.0327. The zero-order valence-corrected chi connectivity index (χ0v) is 19.0. The molecule has 0 radical (unpaired) electrons. The molecule has 2 aromatic carbocycles. The Morgan fingerprint density at radius 2 is 2.00 bits per heavy atom. The van der Waals surface area contributed by atoms with Crippen molar-refractivity contribution < 1.29 is 28.3 Å². The van der Waals surface area contributed by atoms with Crippen LogP contribution in [0.15, 0.2) is 53.1 Å². The van der Waals surface area contributed by atoms with E-state index in [9.17, 15) is 19.1 Å². The molecule has 0 unspecified atom stereocenters. The Hall–Kier alpha value is -4.18. The van der Waals surface area contributed by atoms with Crippen molar-refractivity contribution in [1.82, 2.24) is 20.0 Å². The summed E-state index contributed by atoms with van der Waals surface area (Å²) in [6, 6.07) is 12.4. The Kier molecular flexibility index (Phi) is 5.52. The van der Waals surface area contributed by atoms with E-state index >= 15 is 0 Å². The number of hydrogen-bond acceptors (Lipinski definition) is 8. The number of benzene rings is 2. The molecule has 1 fully saturated rings. The van der Waals surface area contributed by atoms with Crippen LogP contribution in [0.2, 0.25) is 0 Å². The summed E-state index contributed by atoms with van der Waals surface area (Å²) in [4.78, 5) is 35.2. The van der Waals surface area contributed by atoms with Gasteiger partial charge in [-0.3, -0.25) is 4.79 Å². The number of fused-ring (bicyclic) bond motifs is 1. The molecule has 5 rings (SSSR count). The number of halogens is 1. The first-order chi connectivity index (χ1) is 16.8. The van der Waals surface area contributed by atoms with E-state index in [0.29, 0.717) is 28.8 Å². The monoisotopic (exact) mass is 476 g/mol. The topological polar surface area (TPSA) is 119 Å². The number of likely N-dealkylation sites (N-methyl/N-ethyl adjacent to an activating group) is 1. The quantitative estimate of drug-likeness (QED) is 0.436. The molecule has 178 valence electrons. The fourth-order valence-corrected chi connectivity index (χ4v) is 4.10. The molecular formula is C25H21FN4O5. The highest BCUT2D eigenvalue weighted by Gasteiger charge is 2.47. The van der Waals surface area contributed by atoms with Crippen LogP contribution in [0.5, 0.6) is 0 Å². The summed E-state index contributed by atoms with van der Waals surface area (Å²) in [6.07, 6.45) is 0.215. The highest BCUT2D eigenvalue weighted by Crippen LogP contribution is 2.35. The molecule has 1 aliphatic rings. The third kappa shape index (κ3) is 3.91. The van der Waals surface area contributed by atoms with Gasteiger partial charge in [-0.15, -0.1) is 0 Å². The van der Waals surface area contributed by atoms with Crippen molar-refractivity contribution in [1.29, 1.82) is 0 Å². The van der Waals surface area contributed by atoms with Crippen LogP contribution in [0.25, 0.3) is 33.6 Å². The Bertz CT molecular complexity index is 1470. The minimum Gasteiger partial charge on any atom is -0.461 e. The van der Waals surface area contributed by atoms with Crippen molar-refractivity contribution in [3.63, 3.8) is 0 Å². The van der Waals surface area contributed by atoms with Crippen LogP contribution in [-0.2, 0) is 15.1 Å². The highest BCUT2D eigenvalue weighted by atomic mass is 19.1. The van der Waals surface area contributed by atoms with Gasteiger partial charge in [0.2, 0.25) is 0 Å². The molecule has 35 heavy (non-hydrogen) atoms. The molecule has 3 heterocycles. The van der Waals surface area contributed by atoms with E-state index in [1.807, 2.05) is 0 Å². The second-order valence-electron chi connectivity index (χ2n) is 8.27. The maximum Gasteiger partial charge on any atom is 0.357 e. The molecule has 1 atom stereocenters. The van der Waals surface area contributed by atoms with Gasteiger partial charge in [-0.25, -0.2) is 19.2 Å². The summed E-state index contributed by atoms with van der Waals surface area (Å²) in [6.45, 7) is 2.26. The first kappa shape index (κ1) is 22.6. The lowest BCUT2D eigenvalue weighted by Crippen LogP contribution is -2.36. The average Bonchev–Trinajstić information content (AvgIpc) is 3.46. The predicted molar refractivity (Wildman–Crippen MR) is 123 cm³/mol. The van der Waals surface area contributed by atoms with Gasteiger partial charge in [-0.1, -0.05) is 23.4 Å². The number of esters is 1. The Balaban J connectivity index is 1.56. The number of nitrogens with zero attached hydrogens (tertiary/aromatic N) is 4. The summed E-state index contributed by atoms with van der Waals surface area (Å²) >= 11 is 0. The SMILES string of the molecule is CCOC(=O)c1nc(-c2cccc(-c3cc([C@]4(O)CCN(C)C4=O)no3)c2)nc2cc(F)ccc12. The van der Waals surface area contributed by atoms with Gasteiger partial charge in [0.1, 0.15) is 11.5 Å². The van der Waals surface area contributed by atoms with Gasteiger partial charge in [0, 0.05) is 48.7 Å². The van der Waals surface area contributed by atoms with Crippen LogP contribution in [0.3, 0.4) is 0 Å². The fraction of sp³-hybridized carbons (Fsp3) is 0.240. The molecule has 0 bridgehead atoms. The van der Waals surface area contributed by atoms with Crippen LogP contribution >= 0.6 is 0 Å². The molecule has 9 nitrogen and oxygen atoms in total. The van der Waals surface area contributed by atoms with E-state index in [0.717, 1.165) is 0 Å². The summed E-state index contributed by atoms with van der Waals surface area (Å²) in [5.41, 5.74) is -0.179. The molecule has 1 saturated heterocycles. The fourth-order valence-electron chi connectivity index (χ4n) is 4.10. The molecule has 0 saturated carbocycles. The first-order valence-electron chi connectivity index (χ1n) is 11.0. The van der Waals surface area contributed by atoms with Crippen LogP contribution in [-0.4, -0.2) is 57.2 Å². The number of ether oxygens (including phenoxy) is 1. The van der Waals surface area contributed by atoms with Gasteiger partial charge < -0.3 is 19.3 Å². The summed E-state index contributed by atoms with van der Waals surface area (Å²) in [7, 11) is 1.62. The van der Waals surface area contributed by atoms with Crippen LogP contribution in [0.1, 0.15) is 29.5 Å². The molecular weight excluding hydrogens is 455 g/mol. The molecule has 1 amide bonds. The summed E-state index contributed by atoms with van der Waals surface area (Å²) in [5.74, 6) is -1.04. The number of aliphatic hydroxyl groups is 1. The van der Waals surface area contributed by atoms with Gasteiger partial charge in [-0.2, -0.15) is 0 Å². The zero-order chi connectivity index (χ0) is 24.7. The number of aromatic nitrogens is 3. The van der Waals surface area contributed by atoms with E-state index < -0.39 is 23.3 Å². The second-order valence-corrected chi connectivity index (χ2v) is 8.27. The van der Waals surface area contributed by atoms with Crippen LogP contribution < -0.4 is 0 Å². The van der Waals surface area contributed by atoms with Crippen molar-refractivity contribution in [2.45, 2.75) is 18.9 Å². The minimum atomic E-state index is -1.73. The van der Waals surface area contributed by atoms with E-state index in [4.69, 9.17) is 9.26 Å². The van der Waals surface area contributed by atoms with Crippen molar-refractivity contribution in [2.75, 3.05) is 20.2 Å². The molecule has 2 aromatic heterocycles. The number of amides is 1. The van der Waals surface area contributed by atoms with Crippen LogP contribution in [0, 0.1) is 5.82 Å². The van der Waals surface area contributed by atoms with Crippen molar-refractivity contribution in [3.05, 3.63) is 65.7 Å². The molecule has 1 N–H and O–H groups in total. The van der Waals surface area contributed by atoms with E-state index in [1.54, 1.807) is 38.2 Å². The Morgan fingerprint density at radius 3 is 2.74 bits per heavy atom. The highest BCUT2D eigenvalue weighted by molar-refractivity contribution is 6.02.